The second kappa shape index (κ2) is 6.11. The molecule has 0 aliphatic heterocycles. The minimum absolute atomic E-state index is 0.0512. The van der Waals surface area contributed by atoms with Crippen molar-refractivity contribution in [3.05, 3.63) is 34.2 Å². The van der Waals surface area contributed by atoms with Gasteiger partial charge in [-0.05, 0) is 25.0 Å². The van der Waals surface area contributed by atoms with Crippen LogP contribution in [0.4, 0.5) is 0 Å². The molecule has 21 heavy (non-hydrogen) atoms. The predicted molar refractivity (Wildman–Crippen MR) is 77.2 cm³/mol. The third-order valence-corrected chi connectivity index (χ3v) is 4.33. The first-order valence-corrected chi connectivity index (χ1v) is 7.14. The molecule has 0 atom stereocenters. The Bertz CT molecular complexity index is 587. The number of amides is 1. The van der Waals surface area contributed by atoms with Crippen LogP contribution in [0.1, 0.15) is 48.9 Å². The highest BCUT2D eigenvalue weighted by molar-refractivity contribution is 5.94. The quantitative estimate of drug-likeness (QED) is 0.882. The van der Waals surface area contributed by atoms with E-state index in [9.17, 15) is 19.5 Å². The molecule has 1 aromatic heterocycles. The number of hydrogen-bond acceptors (Lipinski definition) is 3. The van der Waals surface area contributed by atoms with Crippen molar-refractivity contribution >= 4 is 11.9 Å². The maximum absolute atomic E-state index is 12.6. The molecule has 2 rings (SSSR count). The molecular weight excluding hydrogens is 272 g/mol. The zero-order chi connectivity index (χ0) is 15.5. The van der Waals surface area contributed by atoms with Crippen LogP contribution in [-0.4, -0.2) is 39.5 Å². The Balaban J connectivity index is 2.32. The molecule has 0 saturated heterocycles. The normalized spacial score (nSPS) is 17.2. The number of carboxylic acid groups (broad SMARTS) is 1. The zero-order valence-corrected chi connectivity index (χ0v) is 12.1. The van der Waals surface area contributed by atoms with Crippen molar-refractivity contribution in [3.8, 4) is 0 Å². The summed E-state index contributed by atoms with van der Waals surface area (Å²) >= 11 is 0. The largest absolute Gasteiger partial charge is 0.481 e. The highest BCUT2D eigenvalue weighted by Gasteiger charge is 2.41. The van der Waals surface area contributed by atoms with Crippen molar-refractivity contribution in [1.29, 1.82) is 0 Å². The second-order valence-corrected chi connectivity index (χ2v) is 5.63. The summed E-state index contributed by atoms with van der Waals surface area (Å²) < 4.78 is 0. The molecule has 1 saturated carbocycles. The van der Waals surface area contributed by atoms with Crippen molar-refractivity contribution in [3.63, 3.8) is 0 Å². The number of aromatic amines is 1. The molecule has 6 heteroatoms. The molecule has 0 unspecified atom stereocenters. The summed E-state index contributed by atoms with van der Waals surface area (Å²) in [7, 11) is 1.60. The molecule has 1 aliphatic rings. The lowest BCUT2D eigenvalue weighted by atomic mass is 9.78. The highest BCUT2D eigenvalue weighted by atomic mass is 16.4. The number of nitrogens with zero attached hydrogens (tertiary/aromatic N) is 1. The number of carbonyl (C=O) groups excluding carboxylic acids is 1. The van der Waals surface area contributed by atoms with Gasteiger partial charge in [0.25, 0.3) is 11.5 Å². The lowest BCUT2D eigenvalue weighted by Crippen LogP contribution is -2.52. The summed E-state index contributed by atoms with van der Waals surface area (Å²) in [6.07, 6.45) is 5.55. The SMILES string of the molecule is CN(C(=O)c1ccc[nH]c1=O)C1(CC(=O)O)CCCCC1. The van der Waals surface area contributed by atoms with E-state index < -0.39 is 23.0 Å². The van der Waals surface area contributed by atoms with Crippen LogP contribution in [0.2, 0.25) is 0 Å². The van der Waals surface area contributed by atoms with Gasteiger partial charge >= 0.3 is 5.97 Å². The van der Waals surface area contributed by atoms with Gasteiger partial charge in [0.15, 0.2) is 0 Å². The number of hydrogen-bond donors (Lipinski definition) is 2. The molecule has 1 aromatic rings. The number of nitrogens with one attached hydrogen (secondary N) is 1. The Kier molecular flexibility index (Phi) is 4.45. The highest BCUT2D eigenvalue weighted by Crippen LogP contribution is 2.36. The van der Waals surface area contributed by atoms with Crippen LogP contribution in [0.25, 0.3) is 0 Å². The van der Waals surface area contributed by atoms with Gasteiger partial charge in [-0.3, -0.25) is 14.4 Å². The summed E-state index contributed by atoms with van der Waals surface area (Å²) in [6, 6.07) is 3.06. The monoisotopic (exact) mass is 292 g/mol. The maximum atomic E-state index is 12.6. The lowest BCUT2D eigenvalue weighted by Gasteiger charge is -2.43. The first kappa shape index (κ1) is 15.3. The van der Waals surface area contributed by atoms with Gasteiger partial charge in [-0.15, -0.1) is 0 Å². The Labute approximate surface area is 122 Å². The van der Waals surface area contributed by atoms with Crippen LogP contribution in [0.3, 0.4) is 0 Å². The third kappa shape index (κ3) is 3.15. The Hall–Kier alpha value is -2.11. The van der Waals surface area contributed by atoms with E-state index in [1.165, 1.54) is 17.2 Å². The second-order valence-electron chi connectivity index (χ2n) is 5.63. The van der Waals surface area contributed by atoms with Gasteiger partial charge in [-0.25, -0.2) is 0 Å². The predicted octanol–water partition coefficient (Wildman–Crippen LogP) is 1.62. The molecule has 6 nitrogen and oxygen atoms in total. The number of rotatable bonds is 4. The zero-order valence-electron chi connectivity index (χ0n) is 12.1. The molecule has 2 N–H and O–H groups in total. The number of carboxylic acids is 1. The van der Waals surface area contributed by atoms with Crippen molar-refractivity contribution in [1.82, 2.24) is 9.88 Å². The van der Waals surface area contributed by atoms with Crippen LogP contribution >= 0.6 is 0 Å². The fourth-order valence-electron chi connectivity index (χ4n) is 3.11. The first-order valence-electron chi connectivity index (χ1n) is 7.14. The van der Waals surface area contributed by atoms with Gasteiger partial charge in [0.05, 0.1) is 12.0 Å². The van der Waals surface area contributed by atoms with Crippen LogP contribution in [-0.2, 0) is 4.79 Å². The van der Waals surface area contributed by atoms with Crippen molar-refractivity contribution in [2.24, 2.45) is 0 Å². The van der Waals surface area contributed by atoms with E-state index in [1.54, 1.807) is 13.1 Å². The number of carbonyl (C=O) groups is 2. The van der Waals surface area contributed by atoms with Crippen LogP contribution in [0, 0.1) is 0 Å². The van der Waals surface area contributed by atoms with E-state index in [0.717, 1.165) is 19.3 Å². The van der Waals surface area contributed by atoms with E-state index in [0.29, 0.717) is 12.8 Å². The molecule has 1 aliphatic carbocycles. The van der Waals surface area contributed by atoms with E-state index in [4.69, 9.17) is 0 Å². The number of pyridine rings is 1. The van der Waals surface area contributed by atoms with Gasteiger partial charge < -0.3 is 15.0 Å². The minimum Gasteiger partial charge on any atom is -0.481 e. The summed E-state index contributed by atoms with van der Waals surface area (Å²) in [4.78, 5) is 39.5. The Morgan fingerprint density at radius 3 is 2.57 bits per heavy atom. The van der Waals surface area contributed by atoms with E-state index >= 15 is 0 Å². The molecule has 0 spiro atoms. The van der Waals surface area contributed by atoms with Crippen molar-refractivity contribution in [2.75, 3.05) is 7.05 Å². The van der Waals surface area contributed by atoms with Gasteiger partial charge in [0, 0.05) is 13.2 Å². The fourth-order valence-corrected chi connectivity index (χ4v) is 3.11. The average molecular weight is 292 g/mol. The van der Waals surface area contributed by atoms with Gasteiger partial charge in [-0.2, -0.15) is 0 Å². The summed E-state index contributed by atoms with van der Waals surface area (Å²) in [6.45, 7) is 0. The molecule has 0 radical (unpaired) electrons. The Morgan fingerprint density at radius 1 is 1.33 bits per heavy atom. The third-order valence-electron chi connectivity index (χ3n) is 4.33. The average Bonchev–Trinajstić information content (AvgIpc) is 2.46. The standard InChI is InChI=1S/C15H20N2O4/c1-17(14(21)11-6-5-9-16-13(11)20)15(10-12(18)19)7-3-2-4-8-15/h5-6,9H,2-4,7-8,10H2,1H3,(H,16,20)(H,18,19). The molecule has 0 bridgehead atoms. The number of aliphatic carboxylic acids is 1. The van der Waals surface area contributed by atoms with Crippen molar-refractivity contribution in [2.45, 2.75) is 44.1 Å². The molecule has 114 valence electrons. The van der Waals surface area contributed by atoms with Crippen molar-refractivity contribution < 1.29 is 14.7 Å². The van der Waals surface area contributed by atoms with Gasteiger partial charge in [0.1, 0.15) is 5.56 Å². The maximum Gasteiger partial charge on any atom is 0.305 e. The lowest BCUT2D eigenvalue weighted by molar-refractivity contribution is -0.140. The summed E-state index contributed by atoms with van der Waals surface area (Å²) in [5, 5.41) is 9.18. The number of H-pyrrole nitrogens is 1. The fraction of sp³-hybridized carbons (Fsp3) is 0.533. The molecule has 0 aromatic carbocycles. The van der Waals surface area contributed by atoms with Crippen LogP contribution in [0.5, 0.6) is 0 Å². The smallest absolute Gasteiger partial charge is 0.305 e. The minimum atomic E-state index is -0.918. The van der Waals surface area contributed by atoms with Crippen LogP contribution < -0.4 is 5.56 Å². The molecule has 1 heterocycles. The Morgan fingerprint density at radius 2 is 2.00 bits per heavy atom. The topological polar surface area (TPSA) is 90.5 Å². The van der Waals surface area contributed by atoms with E-state index in [2.05, 4.69) is 4.98 Å². The van der Waals surface area contributed by atoms with Gasteiger partial charge in [-0.1, -0.05) is 19.3 Å². The molecular formula is C15H20N2O4. The van der Waals surface area contributed by atoms with E-state index in [-0.39, 0.29) is 12.0 Å². The molecule has 1 fully saturated rings. The number of aromatic nitrogens is 1. The van der Waals surface area contributed by atoms with E-state index in [1.807, 2.05) is 0 Å². The van der Waals surface area contributed by atoms with Gasteiger partial charge in [0.2, 0.25) is 0 Å². The molecule has 1 amide bonds. The first-order chi connectivity index (χ1) is 9.96. The van der Waals surface area contributed by atoms with Crippen LogP contribution in [0.15, 0.2) is 23.1 Å². The summed E-state index contributed by atoms with van der Waals surface area (Å²) in [5.74, 6) is -1.33. The summed E-state index contributed by atoms with van der Waals surface area (Å²) in [5.41, 5.74) is -1.09.